The van der Waals surface area contributed by atoms with Crippen LogP contribution in [-0.2, 0) is 0 Å². The minimum absolute atomic E-state index is 0.00422. The van der Waals surface area contributed by atoms with Crippen LogP contribution in [0.5, 0.6) is 5.88 Å². The molecule has 0 bridgehead atoms. The van der Waals surface area contributed by atoms with Gasteiger partial charge >= 0.3 is 5.69 Å². The minimum atomic E-state index is -0.511. The van der Waals surface area contributed by atoms with E-state index in [9.17, 15) is 10.1 Å². The van der Waals surface area contributed by atoms with Crippen molar-refractivity contribution in [1.29, 1.82) is 0 Å². The van der Waals surface area contributed by atoms with Crippen LogP contribution in [0.25, 0.3) is 6.08 Å². The van der Waals surface area contributed by atoms with Gasteiger partial charge in [-0.3, -0.25) is 10.1 Å². The summed E-state index contributed by atoms with van der Waals surface area (Å²) >= 11 is 0. The lowest BCUT2D eigenvalue weighted by Crippen LogP contribution is -2.02. The quantitative estimate of drug-likeness (QED) is 0.651. The highest BCUT2D eigenvalue weighted by molar-refractivity contribution is 5.50. The van der Waals surface area contributed by atoms with E-state index in [1.165, 1.54) is 12.1 Å². The van der Waals surface area contributed by atoms with E-state index in [0.717, 1.165) is 5.56 Å². The topological polar surface area (TPSA) is 77.3 Å². The van der Waals surface area contributed by atoms with E-state index in [0.29, 0.717) is 5.82 Å². The maximum Gasteiger partial charge on any atom is 0.331 e. The van der Waals surface area contributed by atoms with Gasteiger partial charge in [0.25, 0.3) is 5.88 Å². The van der Waals surface area contributed by atoms with Crippen molar-refractivity contribution in [2.45, 2.75) is 0 Å². The summed E-state index contributed by atoms with van der Waals surface area (Å²) in [7, 11) is 1.69. The summed E-state index contributed by atoms with van der Waals surface area (Å²) in [6.45, 7) is 0.204. The fourth-order valence-corrected chi connectivity index (χ4v) is 1.69. The molecule has 0 fully saturated rings. The van der Waals surface area contributed by atoms with Crippen molar-refractivity contribution in [1.82, 2.24) is 4.98 Å². The van der Waals surface area contributed by atoms with E-state index in [2.05, 4.69) is 10.3 Å². The maximum absolute atomic E-state index is 10.9. The van der Waals surface area contributed by atoms with Gasteiger partial charge in [0.2, 0.25) is 0 Å². The van der Waals surface area contributed by atoms with Crippen molar-refractivity contribution < 1.29 is 9.66 Å². The first kappa shape index (κ1) is 14.5. The highest BCUT2D eigenvalue weighted by Crippen LogP contribution is 2.26. The average Bonchev–Trinajstić information content (AvgIpc) is 2.52. The largest absolute Gasteiger partial charge is 0.469 e. The molecule has 0 radical (unpaired) electrons. The Morgan fingerprint density at radius 3 is 2.71 bits per heavy atom. The fraction of sp³-hybridized carbons (Fsp3) is 0.133. The van der Waals surface area contributed by atoms with E-state index >= 15 is 0 Å². The van der Waals surface area contributed by atoms with Crippen LogP contribution in [0, 0.1) is 10.1 Å². The second-order valence-electron chi connectivity index (χ2n) is 4.15. The first-order valence-electron chi connectivity index (χ1n) is 6.38. The normalized spacial score (nSPS) is 10.5. The second-order valence-corrected chi connectivity index (χ2v) is 4.15. The predicted octanol–water partition coefficient (Wildman–Crippen LogP) is 3.12. The Labute approximate surface area is 122 Å². The summed E-state index contributed by atoms with van der Waals surface area (Å²) in [5.74, 6) is 0.521. The Bertz CT molecular complexity index is 642. The number of nitrogens with zero attached hydrogens (tertiary/aromatic N) is 2. The van der Waals surface area contributed by atoms with Gasteiger partial charge in [-0.15, -0.1) is 0 Å². The predicted molar refractivity (Wildman–Crippen MR) is 81.4 cm³/mol. The molecule has 21 heavy (non-hydrogen) atoms. The molecule has 1 aromatic heterocycles. The molecule has 6 nitrogen and oxygen atoms in total. The van der Waals surface area contributed by atoms with Crippen LogP contribution < -0.4 is 10.1 Å². The van der Waals surface area contributed by atoms with E-state index in [4.69, 9.17) is 4.74 Å². The number of ether oxygens (including phenoxy) is 1. The lowest BCUT2D eigenvalue weighted by Gasteiger charge is -2.05. The van der Waals surface area contributed by atoms with Crippen molar-refractivity contribution in [3.63, 3.8) is 0 Å². The van der Waals surface area contributed by atoms with Crippen molar-refractivity contribution >= 4 is 17.6 Å². The average molecular weight is 285 g/mol. The van der Waals surface area contributed by atoms with Gasteiger partial charge in [0.1, 0.15) is 12.4 Å². The van der Waals surface area contributed by atoms with E-state index in [-0.39, 0.29) is 18.2 Å². The van der Waals surface area contributed by atoms with Gasteiger partial charge in [0.15, 0.2) is 0 Å². The van der Waals surface area contributed by atoms with Gasteiger partial charge < -0.3 is 10.1 Å². The zero-order chi connectivity index (χ0) is 15.1. The molecule has 0 aliphatic carbocycles. The smallest absolute Gasteiger partial charge is 0.331 e. The Kier molecular flexibility index (Phi) is 4.87. The molecule has 2 rings (SSSR count). The highest BCUT2D eigenvalue weighted by atomic mass is 16.6. The first-order valence-corrected chi connectivity index (χ1v) is 6.38. The molecule has 0 saturated heterocycles. The number of rotatable bonds is 6. The molecule has 6 heteroatoms. The van der Waals surface area contributed by atoms with Gasteiger partial charge in [-0.05, 0) is 17.7 Å². The monoisotopic (exact) mass is 285 g/mol. The summed E-state index contributed by atoms with van der Waals surface area (Å²) in [4.78, 5) is 14.5. The van der Waals surface area contributed by atoms with Crippen LogP contribution in [0.4, 0.5) is 11.5 Å². The first-order chi connectivity index (χ1) is 10.2. The third kappa shape index (κ3) is 4.04. The number of nitro groups is 1. The zero-order valence-electron chi connectivity index (χ0n) is 11.5. The van der Waals surface area contributed by atoms with Gasteiger partial charge in [0, 0.05) is 13.1 Å². The highest BCUT2D eigenvalue weighted by Gasteiger charge is 2.16. The van der Waals surface area contributed by atoms with Crippen molar-refractivity contribution in [2.24, 2.45) is 0 Å². The third-order valence-electron chi connectivity index (χ3n) is 2.72. The molecule has 0 aliphatic rings. The van der Waals surface area contributed by atoms with E-state index in [1.807, 2.05) is 36.4 Å². The Hall–Kier alpha value is -2.89. The molecule has 0 aliphatic heterocycles. The molecule has 0 unspecified atom stereocenters. The Morgan fingerprint density at radius 2 is 2.05 bits per heavy atom. The molecule has 1 aromatic carbocycles. The van der Waals surface area contributed by atoms with Gasteiger partial charge in [-0.1, -0.05) is 36.4 Å². The number of pyridine rings is 1. The summed E-state index contributed by atoms with van der Waals surface area (Å²) in [5.41, 5.74) is 0.884. The molecule has 0 atom stereocenters. The molecular formula is C15H15N3O3. The van der Waals surface area contributed by atoms with E-state index < -0.39 is 4.92 Å². The molecular weight excluding hydrogens is 270 g/mol. The standard InChI is InChI=1S/C15H15N3O3/c1-16-14-10-9-13(18(19)20)15(17-14)21-11-5-8-12-6-3-2-4-7-12/h2-10H,11H2,1H3,(H,16,17)/b8-5+. The SMILES string of the molecule is CNc1ccc([N+](=O)[O-])c(OC/C=C/c2ccccc2)n1. The summed E-state index contributed by atoms with van der Waals surface area (Å²) in [6, 6.07) is 12.6. The second kappa shape index (κ2) is 7.04. The minimum Gasteiger partial charge on any atom is -0.469 e. The molecule has 1 N–H and O–H groups in total. The van der Waals surface area contributed by atoms with Crippen LogP contribution in [0.3, 0.4) is 0 Å². The van der Waals surface area contributed by atoms with Crippen LogP contribution in [0.15, 0.2) is 48.5 Å². The van der Waals surface area contributed by atoms with Crippen LogP contribution in [0.1, 0.15) is 5.56 Å². The van der Waals surface area contributed by atoms with Crippen molar-refractivity contribution in [3.05, 3.63) is 64.2 Å². The summed E-state index contributed by atoms with van der Waals surface area (Å²) in [5, 5.41) is 13.7. The number of benzene rings is 1. The molecule has 1 heterocycles. The van der Waals surface area contributed by atoms with Gasteiger partial charge in [0.05, 0.1) is 4.92 Å². The molecule has 2 aromatic rings. The Balaban J connectivity index is 2.05. The maximum atomic E-state index is 10.9. The van der Waals surface area contributed by atoms with Crippen LogP contribution in [0.2, 0.25) is 0 Å². The molecule has 0 spiro atoms. The summed E-state index contributed by atoms with van der Waals surface area (Å²) < 4.78 is 5.38. The molecule has 108 valence electrons. The number of anilines is 1. The third-order valence-corrected chi connectivity index (χ3v) is 2.72. The molecule has 0 saturated carbocycles. The van der Waals surface area contributed by atoms with Crippen molar-refractivity contribution in [3.8, 4) is 5.88 Å². The number of hydrogen-bond acceptors (Lipinski definition) is 5. The number of hydrogen-bond donors (Lipinski definition) is 1. The lowest BCUT2D eigenvalue weighted by atomic mass is 10.2. The van der Waals surface area contributed by atoms with Crippen LogP contribution in [-0.4, -0.2) is 23.6 Å². The molecule has 0 amide bonds. The number of nitrogens with one attached hydrogen (secondary N) is 1. The summed E-state index contributed by atoms with van der Waals surface area (Å²) in [6.07, 6.45) is 3.67. The fourth-order valence-electron chi connectivity index (χ4n) is 1.69. The zero-order valence-corrected chi connectivity index (χ0v) is 11.5. The number of aromatic nitrogens is 1. The Morgan fingerprint density at radius 1 is 1.29 bits per heavy atom. The van der Waals surface area contributed by atoms with E-state index in [1.54, 1.807) is 13.1 Å². The van der Waals surface area contributed by atoms with Crippen LogP contribution >= 0.6 is 0 Å². The lowest BCUT2D eigenvalue weighted by molar-refractivity contribution is -0.386. The van der Waals surface area contributed by atoms with Gasteiger partial charge in [-0.2, -0.15) is 4.98 Å². The van der Waals surface area contributed by atoms with Gasteiger partial charge in [-0.25, -0.2) is 0 Å². The van der Waals surface area contributed by atoms with Crippen molar-refractivity contribution in [2.75, 3.05) is 19.0 Å².